The molecule has 0 spiro atoms. The summed E-state index contributed by atoms with van der Waals surface area (Å²) >= 11 is 1.43. The van der Waals surface area contributed by atoms with Gasteiger partial charge in [-0.1, -0.05) is 23.8 Å². The second-order valence-corrected chi connectivity index (χ2v) is 8.37. The number of nitrogens with one attached hydrogen (secondary N) is 1. The van der Waals surface area contributed by atoms with Crippen LogP contribution < -0.4 is 10.1 Å². The summed E-state index contributed by atoms with van der Waals surface area (Å²) in [5.74, 6) is 0.587. The number of ether oxygens (including phenoxy) is 1. The van der Waals surface area contributed by atoms with E-state index in [2.05, 4.69) is 10.3 Å². The lowest BCUT2D eigenvalue weighted by molar-refractivity contribution is -0.116. The number of hydrogen-bond donors (Lipinski definition) is 1. The Balaban J connectivity index is 1.60. The zero-order valence-electron chi connectivity index (χ0n) is 17.7. The second kappa shape index (κ2) is 9.67. The fourth-order valence-electron chi connectivity index (χ4n) is 3.26. The van der Waals surface area contributed by atoms with Gasteiger partial charge in [-0.05, 0) is 57.5 Å². The van der Waals surface area contributed by atoms with Crippen LogP contribution in [0, 0.1) is 20.8 Å². The minimum Gasteiger partial charge on any atom is -0.494 e. The first-order valence-corrected chi connectivity index (χ1v) is 10.8. The highest BCUT2D eigenvalue weighted by molar-refractivity contribution is 7.16. The highest BCUT2D eigenvalue weighted by Gasteiger charge is 2.15. The quantitative estimate of drug-likeness (QED) is 0.470. The third kappa shape index (κ3) is 5.33. The molecule has 1 aromatic heterocycles. The van der Waals surface area contributed by atoms with Crippen LogP contribution in [0.1, 0.15) is 46.1 Å². The van der Waals surface area contributed by atoms with Gasteiger partial charge in [0.15, 0.2) is 10.9 Å². The Hall–Kier alpha value is -2.99. The Morgan fingerprint density at radius 3 is 2.43 bits per heavy atom. The molecule has 0 saturated carbocycles. The summed E-state index contributed by atoms with van der Waals surface area (Å²) in [4.78, 5) is 30.4. The van der Waals surface area contributed by atoms with E-state index in [-0.39, 0.29) is 24.5 Å². The maximum atomic E-state index is 12.4. The molecule has 1 heterocycles. The maximum Gasteiger partial charge on any atom is 0.226 e. The Morgan fingerprint density at radius 2 is 1.77 bits per heavy atom. The van der Waals surface area contributed by atoms with Crippen LogP contribution in [0.25, 0.3) is 11.3 Å². The van der Waals surface area contributed by atoms with Gasteiger partial charge in [0.1, 0.15) is 5.75 Å². The molecule has 0 saturated heterocycles. The predicted octanol–water partition coefficient (Wildman–Crippen LogP) is 5.74. The molecule has 1 N–H and O–H groups in total. The van der Waals surface area contributed by atoms with Crippen molar-refractivity contribution in [1.82, 2.24) is 4.98 Å². The standard InChI is InChI=1S/C24H26N2O3S/c1-5-29-19-9-7-18(8-10-19)23-17(4)30-24(26-23)25-22(28)13-12-21(27)20-11-6-15(2)14-16(20)3/h6-11,14H,5,12-13H2,1-4H3,(H,25,26,28). The Morgan fingerprint density at radius 1 is 1.03 bits per heavy atom. The molecule has 0 radical (unpaired) electrons. The highest BCUT2D eigenvalue weighted by atomic mass is 32.1. The lowest BCUT2D eigenvalue weighted by Gasteiger charge is -2.06. The molecule has 3 aromatic rings. The summed E-state index contributed by atoms with van der Waals surface area (Å²) in [6, 6.07) is 13.5. The summed E-state index contributed by atoms with van der Waals surface area (Å²) in [6.45, 7) is 8.45. The van der Waals surface area contributed by atoms with Crippen LogP contribution in [0.2, 0.25) is 0 Å². The monoisotopic (exact) mass is 422 g/mol. The number of hydrogen-bond acceptors (Lipinski definition) is 5. The number of thiazole rings is 1. The number of nitrogens with zero attached hydrogens (tertiary/aromatic N) is 1. The van der Waals surface area contributed by atoms with Gasteiger partial charge in [0.05, 0.1) is 12.3 Å². The van der Waals surface area contributed by atoms with E-state index in [0.29, 0.717) is 17.3 Å². The van der Waals surface area contributed by atoms with Crippen LogP contribution in [0.5, 0.6) is 5.75 Å². The van der Waals surface area contributed by atoms with Crippen LogP contribution >= 0.6 is 11.3 Å². The van der Waals surface area contributed by atoms with E-state index in [9.17, 15) is 9.59 Å². The maximum absolute atomic E-state index is 12.4. The third-order valence-corrected chi connectivity index (χ3v) is 5.63. The number of rotatable bonds is 8. The van der Waals surface area contributed by atoms with E-state index in [4.69, 9.17) is 4.74 Å². The lowest BCUT2D eigenvalue weighted by Crippen LogP contribution is -2.13. The minimum atomic E-state index is -0.208. The van der Waals surface area contributed by atoms with Gasteiger partial charge in [-0.3, -0.25) is 9.59 Å². The van der Waals surface area contributed by atoms with Crippen molar-refractivity contribution in [2.75, 3.05) is 11.9 Å². The van der Waals surface area contributed by atoms with Gasteiger partial charge < -0.3 is 10.1 Å². The van der Waals surface area contributed by atoms with Crippen molar-refractivity contribution in [2.45, 2.75) is 40.5 Å². The Kier molecular flexibility index (Phi) is 7.00. The first-order chi connectivity index (χ1) is 14.4. The largest absolute Gasteiger partial charge is 0.494 e. The summed E-state index contributed by atoms with van der Waals surface area (Å²) in [5, 5.41) is 3.37. The van der Waals surface area contributed by atoms with Gasteiger partial charge in [-0.15, -0.1) is 11.3 Å². The van der Waals surface area contributed by atoms with Gasteiger partial charge >= 0.3 is 0 Å². The fraction of sp³-hybridized carbons (Fsp3) is 0.292. The molecule has 0 aliphatic rings. The molecule has 5 nitrogen and oxygen atoms in total. The number of carbonyl (C=O) groups excluding carboxylic acids is 2. The van der Waals surface area contributed by atoms with Crippen molar-refractivity contribution in [3.05, 3.63) is 64.0 Å². The zero-order valence-corrected chi connectivity index (χ0v) is 18.6. The SMILES string of the molecule is CCOc1ccc(-c2nc(NC(=O)CCC(=O)c3ccc(C)cc3C)sc2C)cc1. The van der Waals surface area contributed by atoms with Gasteiger partial charge in [-0.2, -0.15) is 0 Å². The normalized spacial score (nSPS) is 10.7. The van der Waals surface area contributed by atoms with Crippen LogP contribution in [-0.2, 0) is 4.79 Å². The minimum absolute atomic E-state index is 0.0203. The Bertz CT molecular complexity index is 1050. The molecular weight excluding hydrogens is 396 g/mol. The number of benzene rings is 2. The topological polar surface area (TPSA) is 68.3 Å². The van der Waals surface area contributed by atoms with E-state index in [1.165, 1.54) is 11.3 Å². The van der Waals surface area contributed by atoms with Crippen molar-refractivity contribution < 1.29 is 14.3 Å². The second-order valence-electron chi connectivity index (χ2n) is 7.17. The predicted molar refractivity (Wildman–Crippen MR) is 122 cm³/mol. The average molecular weight is 423 g/mol. The molecule has 6 heteroatoms. The molecular formula is C24H26N2O3S. The third-order valence-electron chi connectivity index (χ3n) is 4.74. The average Bonchev–Trinajstić information content (AvgIpc) is 3.07. The van der Waals surface area contributed by atoms with E-state index < -0.39 is 0 Å². The first kappa shape index (κ1) is 21.7. The molecule has 30 heavy (non-hydrogen) atoms. The number of aromatic nitrogens is 1. The molecule has 0 aliphatic carbocycles. The van der Waals surface area contributed by atoms with E-state index in [1.807, 2.05) is 70.2 Å². The van der Waals surface area contributed by atoms with Crippen LogP contribution in [0.3, 0.4) is 0 Å². The lowest BCUT2D eigenvalue weighted by atomic mass is 9.99. The van der Waals surface area contributed by atoms with Crippen molar-refractivity contribution >= 4 is 28.2 Å². The summed E-state index contributed by atoms with van der Waals surface area (Å²) in [6.07, 6.45) is 0.301. The molecule has 156 valence electrons. The number of amides is 1. The van der Waals surface area contributed by atoms with Crippen molar-refractivity contribution in [2.24, 2.45) is 0 Å². The molecule has 1 amide bonds. The van der Waals surface area contributed by atoms with Crippen molar-refractivity contribution in [1.29, 1.82) is 0 Å². The van der Waals surface area contributed by atoms with Gasteiger partial charge in [-0.25, -0.2) is 4.98 Å². The number of aryl methyl sites for hydroxylation is 3. The molecule has 3 rings (SSSR count). The summed E-state index contributed by atoms with van der Waals surface area (Å²) in [7, 11) is 0. The van der Waals surface area contributed by atoms with E-state index in [0.717, 1.165) is 33.0 Å². The Labute approximate surface area is 181 Å². The summed E-state index contributed by atoms with van der Waals surface area (Å²) < 4.78 is 5.47. The highest BCUT2D eigenvalue weighted by Crippen LogP contribution is 2.31. The number of ketones is 1. The van der Waals surface area contributed by atoms with Crippen LogP contribution in [0.15, 0.2) is 42.5 Å². The van der Waals surface area contributed by atoms with Crippen molar-refractivity contribution in [3.63, 3.8) is 0 Å². The summed E-state index contributed by atoms with van der Waals surface area (Å²) in [5.41, 5.74) is 4.54. The molecule has 0 fully saturated rings. The number of Topliss-reactive ketones (excluding diaryl/α,β-unsaturated/α-hetero) is 1. The zero-order chi connectivity index (χ0) is 21.7. The molecule has 2 aromatic carbocycles. The first-order valence-electron chi connectivity index (χ1n) is 9.98. The van der Waals surface area contributed by atoms with Gasteiger partial charge in [0, 0.05) is 28.8 Å². The molecule has 0 aliphatic heterocycles. The smallest absolute Gasteiger partial charge is 0.226 e. The van der Waals surface area contributed by atoms with Crippen LogP contribution in [0.4, 0.5) is 5.13 Å². The van der Waals surface area contributed by atoms with Crippen LogP contribution in [-0.4, -0.2) is 23.3 Å². The number of carbonyl (C=O) groups is 2. The van der Waals surface area contributed by atoms with E-state index in [1.54, 1.807) is 0 Å². The van der Waals surface area contributed by atoms with Crippen molar-refractivity contribution in [3.8, 4) is 17.0 Å². The van der Waals surface area contributed by atoms with Gasteiger partial charge in [0.25, 0.3) is 0 Å². The molecule has 0 bridgehead atoms. The fourth-order valence-corrected chi connectivity index (χ4v) is 4.12. The molecule has 0 unspecified atom stereocenters. The van der Waals surface area contributed by atoms with Gasteiger partial charge in [0.2, 0.25) is 5.91 Å². The van der Waals surface area contributed by atoms with E-state index >= 15 is 0 Å². The number of anilines is 1. The molecule has 0 atom stereocenters.